The number of para-hydroxylation sites is 1. The van der Waals surface area contributed by atoms with Crippen LogP contribution in [-0.2, 0) is 22.7 Å². The van der Waals surface area contributed by atoms with E-state index in [-0.39, 0.29) is 25.1 Å². The number of aryl methyl sites for hydroxylation is 2. The maximum Gasteiger partial charge on any atom is 0.307 e. The first kappa shape index (κ1) is 18.4. The normalized spacial score (nSPS) is 10.9. The molecule has 0 spiro atoms. The van der Waals surface area contributed by atoms with Gasteiger partial charge in [-0.25, -0.2) is 4.98 Å². The Labute approximate surface area is 160 Å². The molecule has 3 aromatic rings. The second-order valence-corrected chi connectivity index (χ2v) is 6.70. The van der Waals surface area contributed by atoms with Gasteiger partial charge in [0.2, 0.25) is 0 Å². The number of benzene rings is 2. The molecule has 0 aliphatic rings. The van der Waals surface area contributed by atoms with Gasteiger partial charge in [-0.3, -0.25) is 14.2 Å². The molecule has 0 aliphatic carbocycles. The fourth-order valence-electron chi connectivity index (χ4n) is 2.58. The van der Waals surface area contributed by atoms with Crippen LogP contribution in [0, 0.1) is 6.92 Å². The highest BCUT2D eigenvalue weighted by Crippen LogP contribution is 2.21. The van der Waals surface area contributed by atoms with Gasteiger partial charge in [-0.05, 0) is 30.7 Å². The summed E-state index contributed by atoms with van der Waals surface area (Å²) in [7, 11) is 0. The van der Waals surface area contributed by atoms with E-state index in [0.29, 0.717) is 26.5 Å². The lowest BCUT2D eigenvalue weighted by molar-refractivity contribution is -0.145. The molecule has 0 atom stereocenters. The molecule has 5 nitrogen and oxygen atoms in total. The van der Waals surface area contributed by atoms with E-state index in [1.54, 1.807) is 24.3 Å². The van der Waals surface area contributed by atoms with Crippen LogP contribution in [0.3, 0.4) is 0 Å². The third kappa shape index (κ3) is 4.06. The summed E-state index contributed by atoms with van der Waals surface area (Å²) in [5.41, 5.74) is 2.11. The van der Waals surface area contributed by atoms with E-state index in [1.165, 1.54) is 10.9 Å². The van der Waals surface area contributed by atoms with E-state index in [2.05, 4.69) is 4.98 Å². The van der Waals surface area contributed by atoms with E-state index >= 15 is 0 Å². The Balaban J connectivity index is 1.63. The summed E-state index contributed by atoms with van der Waals surface area (Å²) in [6.45, 7) is 2.15. The summed E-state index contributed by atoms with van der Waals surface area (Å²) in [5, 5.41) is 1.49. The lowest BCUT2D eigenvalue weighted by Gasteiger charge is -2.09. The highest BCUT2D eigenvalue weighted by Gasteiger charge is 2.10. The predicted octanol–water partition coefficient (Wildman–Crippen LogP) is 4.15. The second-order valence-electron chi connectivity index (χ2n) is 5.86. The van der Waals surface area contributed by atoms with Crippen molar-refractivity contribution in [2.75, 3.05) is 0 Å². The standard InChI is InChI=1S/C19H16Cl2N2O3/c1-12-3-2-4-15-18(12)22-11-23(19(15)25)8-7-17(24)26-10-13-5-6-14(20)9-16(13)21/h2-6,9,11H,7-8,10H2,1H3. The number of esters is 1. The molecule has 0 unspecified atom stereocenters. The van der Waals surface area contributed by atoms with Crippen molar-refractivity contribution in [3.8, 4) is 0 Å². The van der Waals surface area contributed by atoms with Gasteiger partial charge in [-0.2, -0.15) is 0 Å². The fourth-order valence-corrected chi connectivity index (χ4v) is 3.04. The van der Waals surface area contributed by atoms with Crippen molar-refractivity contribution in [3.63, 3.8) is 0 Å². The zero-order valence-corrected chi connectivity index (χ0v) is 15.5. The molecule has 7 heteroatoms. The molecule has 0 radical (unpaired) electrons. The highest BCUT2D eigenvalue weighted by atomic mass is 35.5. The molecule has 0 amide bonds. The molecule has 1 heterocycles. The number of aromatic nitrogens is 2. The van der Waals surface area contributed by atoms with Crippen LogP contribution < -0.4 is 5.56 Å². The van der Waals surface area contributed by atoms with Crippen LogP contribution in [0.5, 0.6) is 0 Å². The monoisotopic (exact) mass is 390 g/mol. The van der Waals surface area contributed by atoms with Gasteiger partial charge in [-0.1, -0.05) is 41.4 Å². The number of nitrogens with zero attached hydrogens (tertiary/aromatic N) is 2. The molecule has 0 bridgehead atoms. The number of fused-ring (bicyclic) bond motifs is 1. The van der Waals surface area contributed by atoms with Gasteiger partial charge in [0, 0.05) is 22.2 Å². The van der Waals surface area contributed by atoms with Gasteiger partial charge < -0.3 is 4.74 Å². The molecule has 3 rings (SSSR count). The van der Waals surface area contributed by atoms with Crippen molar-refractivity contribution >= 4 is 40.1 Å². The maximum absolute atomic E-state index is 12.5. The number of carbonyl (C=O) groups excluding carboxylic acids is 1. The average Bonchev–Trinajstić information content (AvgIpc) is 2.61. The molecule has 1 aromatic heterocycles. The first-order valence-electron chi connectivity index (χ1n) is 8.00. The minimum absolute atomic E-state index is 0.0545. The van der Waals surface area contributed by atoms with E-state index in [0.717, 1.165) is 5.56 Å². The van der Waals surface area contributed by atoms with Gasteiger partial charge >= 0.3 is 5.97 Å². The molecule has 0 saturated heterocycles. The number of rotatable bonds is 5. The molecular weight excluding hydrogens is 375 g/mol. The molecule has 2 aromatic carbocycles. The highest BCUT2D eigenvalue weighted by molar-refractivity contribution is 6.35. The second kappa shape index (κ2) is 7.89. The zero-order chi connectivity index (χ0) is 18.7. The van der Waals surface area contributed by atoms with Gasteiger partial charge in [0.1, 0.15) is 6.61 Å². The number of carbonyl (C=O) groups is 1. The minimum Gasteiger partial charge on any atom is -0.461 e. The Bertz CT molecular complexity index is 1030. The molecule has 0 saturated carbocycles. The Morgan fingerprint density at radius 3 is 2.81 bits per heavy atom. The molecule has 134 valence electrons. The largest absolute Gasteiger partial charge is 0.461 e. The third-order valence-electron chi connectivity index (χ3n) is 4.02. The predicted molar refractivity (Wildman–Crippen MR) is 102 cm³/mol. The van der Waals surface area contributed by atoms with Gasteiger partial charge in [0.05, 0.1) is 23.7 Å². The Morgan fingerprint density at radius 1 is 1.23 bits per heavy atom. The van der Waals surface area contributed by atoms with Crippen LogP contribution in [0.25, 0.3) is 10.9 Å². The lowest BCUT2D eigenvalue weighted by atomic mass is 10.1. The number of ether oxygens (including phenoxy) is 1. The zero-order valence-electron chi connectivity index (χ0n) is 14.0. The summed E-state index contributed by atoms with van der Waals surface area (Å²) >= 11 is 11.9. The summed E-state index contributed by atoms with van der Waals surface area (Å²) < 4.78 is 6.63. The Morgan fingerprint density at radius 2 is 2.04 bits per heavy atom. The van der Waals surface area contributed by atoms with Gasteiger partial charge in [-0.15, -0.1) is 0 Å². The topological polar surface area (TPSA) is 61.2 Å². The van der Waals surface area contributed by atoms with Crippen molar-refractivity contribution in [1.29, 1.82) is 0 Å². The summed E-state index contributed by atoms with van der Waals surface area (Å²) in [6, 6.07) is 10.4. The van der Waals surface area contributed by atoms with Crippen LogP contribution in [0.4, 0.5) is 0 Å². The van der Waals surface area contributed by atoms with E-state index in [1.807, 2.05) is 19.1 Å². The maximum atomic E-state index is 12.5. The smallest absolute Gasteiger partial charge is 0.307 e. The van der Waals surface area contributed by atoms with Crippen molar-refractivity contribution < 1.29 is 9.53 Å². The Hall–Kier alpha value is -2.37. The first-order chi connectivity index (χ1) is 12.5. The van der Waals surface area contributed by atoms with Gasteiger partial charge in [0.15, 0.2) is 0 Å². The number of halogens is 2. The minimum atomic E-state index is -0.424. The average molecular weight is 391 g/mol. The van der Waals surface area contributed by atoms with Crippen LogP contribution >= 0.6 is 23.2 Å². The van der Waals surface area contributed by atoms with Crippen LogP contribution in [0.2, 0.25) is 10.0 Å². The fraction of sp³-hybridized carbons (Fsp3) is 0.211. The Kier molecular flexibility index (Phi) is 5.59. The van der Waals surface area contributed by atoms with Crippen LogP contribution in [-0.4, -0.2) is 15.5 Å². The summed E-state index contributed by atoms with van der Waals surface area (Å²) in [5.74, 6) is -0.424. The van der Waals surface area contributed by atoms with Crippen molar-refractivity contribution in [1.82, 2.24) is 9.55 Å². The van der Waals surface area contributed by atoms with Crippen molar-refractivity contribution in [2.24, 2.45) is 0 Å². The number of hydrogen-bond donors (Lipinski definition) is 0. The van der Waals surface area contributed by atoms with Gasteiger partial charge in [0.25, 0.3) is 5.56 Å². The molecular formula is C19H16Cl2N2O3. The molecule has 26 heavy (non-hydrogen) atoms. The van der Waals surface area contributed by atoms with Crippen molar-refractivity contribution in [2.45, 2.75) is 26.5 Å². The first-order valence-corrected chi connectivity index (χ1v) is 8.75. The lowest BCUT2D eigenvalue weighted by Crippen LogP contribution is -2.22. The third-order valence-corrected chi connectivity index (χ3v) is 4.60. The summed E-state index contributed by atoms with van der Waals surface area (Å²) in [6.07, 6.45) is 1.52. The van der Waals surface area contributed by atoms with E-state index in [4.69, 9.17) is 27.9 Å². The van der Waals surface area contributed by atoms with Crippen LogP contribution in [0.15, 0.2) is 47.5 Å². The number of hydrogen-bond acceptors (Lipinski definition) is 4. The molecule has 0 aliphatic heterocycles. The summed E-state index contributed by atoms with van der Waals surface area (Å²) in [4.78, 5) is 28.8. The molecule has 0 N–H and O–H groups in total. The molecule has 0 fully saturated rings. The van der Waals surface area contributed by atoms with Crippen molar-refractivity contribution in [3.05, 3.63) is 74.3 Å². The van der Waals surface area contributed by atoms with Crippen LogP contribution in [0.1, 0.15) is 17.5 Å². The quantitative estimate of drug-likeness (QED) is 0.614. The van der Waals surface area contributed by atoms with E-state index in [9.17, 15) is 9.59 Å². The SMILES string of the molecule is Cc1cccc2c(=O)n(CCC(=O)OCc3ccc(Cl)cc3Cl)cnc12. The van der Waals surface area contributed by atoms with E-state index < -0.39 is 5.97 Å².